The number of carboxylic acid groups (broad SMARTS) is 1. The molecule has 168 valence electrons. The Hall–Kier alpha value is -2.31. The van der Waals surface area contributed by atoms with E-state index in [4.69, 9.17) is 0 Å². The van der Waals surface area contributed by atoms with Gasteiger partial charge in [0.05, 0.1) is 13.0 Å². The van der Waals surface area contributed by atoms with Gasteiger partial charge < -0.3 is 5.11 Å². The molecule has 0 aromatic heterocycles. The summed E-state index contributed by atoms with van der Waals surface area (Å²) in [5.41, 5.74) is 2.21. The van der Waals surface area contributed by atoms with Crippen LogP contribution < -0.4 is 0 Å². The minimum atomic E-state index is -2.65. The van der Waals surface area contributed by atoms with Crippen LogP contribution in [-0.2, 0) is 11.3 Å². The van der Waals surface area contributed by atoms with Crippen molar-refractivity contribution in [1.29, 1.82) is 0 Å². The summed E-state index contributed by atoms with van der Waals surface area (Å²) in [6.45, 7) is 3.57. The minimum absolute atomic E-state index is 0.00597. The summed E-state index contributed by atoms with van der Waals surface area (Å²) in [6, 6.07) is 19.7. The normalized spacial score (nSPS) is 18.6. The largest absolute Gasteiger partial charge is 0.481 e. The van der Waals surface area contributed by atoms with Gasteiger partial charge in [-0.3, -0.25) is 14.6 Å². The van der Waals surface area contributed by atoms with E-state index in [1.54, 1.807) is 4.90 Å². The van der Waals surface area contributed by atoms with Crippen LogP contribution >= 0.6 is 0 Å². The van der Waals surface area contributed by atoms with Crippen molar-refractivity contribution in [2.75, 3.05) is 19.6 Å². The lowest BCUT2D eigenvalue weighted by Gasteiger charge is -2.38. The first-order valence-corrected chi connectivity index (χ1v) is 11.0. The van der Waals surface area contributed by atoms with Gasteiger partial charge in [0.25, 0.3) is 5.92 Å². The lowest BCUT2D eigenvalue weighted by molar-refractivity contribution is -0.139. The number of halogens is 2. The van der Waals surface area contributed by atoms with E-state index < -0.39 is 11.9 Å². The number of rotatable bonds is 10. The molecule has 1 unspecified atom stereocenters. The van der Waals surface area contributed by atoms with Crippen LogP contribution in [0.5, 0.6) is 0 Å². The Morgan fingerprint density at radius 1 is 1.13 bits per heavy atom. The molecule has 0 spiro atoms. The standard InChI is InChI=1S/C25H32F2N2O2/c1-20(22-11-6-3-7-12-22)29(18-21-9-4-2-5-10-21)23(17-24(30)31)13-16-28-15-8-14-25(26,27)19-28/h2-7,9-12,20,23H,8,13-19H2,1H3,(H,30,31)/t20-,23?/m0/s1. The van der Waals surface area contributed by atoms with Crippen molar-refractivity contribution >= 4 is 5.97 Å². The fourth-order valence-electron chi connectivity index (χ4n) is 4.46. The number of aliphatic carboxylic acids is 1. The molecule has 31 heavy (non-hydrogen) atoms. The average Bonchev–Trinajstić information content (AvgIpc) is 2.75. The van der Waals surface area contributed by atoms with Gasteiger partial charge in [-0.15, -0.1) is 0 Å². The molecular formula is C25H32F2N2O2. The third-order valence-electron chi connectivity index (χ3n) is 6.12. The Morgan fingerprint density at radius 2 is 1.77 bits per heavy atom. The van der Waals surface area contributed by atoms with Gasteiger partial charge in [0.2, 0.25) is 0 Å². The Labute approximate surface area is 183 Å². The lowest BCUT2D eigenvalue weighted by atomic mass is 9.99. The number of carboxylic acids is 1. The van der Waals surface area contributed by atoms with Gasteiger partial charge in [-0.25, -0.2) is 8.78 Å². The number of hydrogen-bond acceptors (Lipinski definition) is 3. The van der Waals surface area contributed by atoms with Gasteiger partial charge in [-0.05, 0) is 44.0 Å². The number of hydrogen-bond donors (Lipinski definition) is 1. The molecule has 0 aliphatic carbocycles. The molecule has 2 atom stereocenters. The first-order chi connectivity index (χ1) is 14.8. The molecule has 1 fully saturated rings. The second-order valence-corrected chi connectivity index (χ2v) is 8.52. The predicted molar refractivity (Wildman–Crippen MR) is 118 cm³/mol. The number of alkyl halides is 2. The zero-order chi connectivity index (χ0) is 22.3. The van der Waals surface area contributed by atoms with E-state index in [0.29, 0.717) is 32.5 Å². The highest BCUT2D eigenvalue weighted by atomic mass is 19.3. The molecule has 0 radical (unpaired) electrons. The van der Waals surface area contributed by atoms with Crippen molar-refractivity contribution < 1.29 is 18.7 Å². The number of carbonyl (C=O) groups is 1. The van der Waals surface area contributed by atoms with Crippen LogP contribution in [0, 0.1) is 0 Å². The van der Waals surface area contributed by atoms with Crippen LogP contribution in [-0.4, -0.2) is 52.5 Å². The van der Waals surface area contributed by atoms with Crippen LogP contribution in [0.1, 0.15) is 49.8 Å². The summed E-state index contributed by atoms with van der Waals surface area (Å²) in [5.74, 6) is -3.52. The highest BCUT2D eigenvalue weighted by molar-refractivity contribution is 5.67. The van der Waals surface area contributed by atoms with Crippen molar-refractivity contribution in [1.82, 2.24) is 9.80 Å². The molecule has 1 saturated heterocycles. The molecule has 1 N–H and O–H groups in total. The lowest BCUT2D eigenvalue weighted by Crippen LogP contribution is -2.45. The Morgan fingerprint density at radius 3 is 2.39 bits per heavy atom. The van der Waals surface area contributed by atoms with Gasteiger partial charge in [-0.1, -0.05) is 60.7 Å². The third-order valence-corrected chi connectivity index (χ3v) is 6.12. The second kappa shape index (κ2) is 10.8. The molecule has 0 saturated carbocycles. The predicted octanol–water partition coefficient (Wildman–Crippen LogP) is 5.21. The number of nitrogens with zero attached hydrogens (tertiary/aromatic N) is 2. The summed E-state index contributed by atoms with van der Waals surface area (Å²) >= 11 is 0. The average molecular weight is 431 g/mol. The van der Waals surface area contributed by atoms with Crippen LogP contribution in [0.3, 0.4) is 0 Å². The van der Waals surface area contributed by atoms with E-state index in [0.717, 1.165) is 11.1 Å². The van der Waals surface area contributed by atoms with Crippen molar-refractivity contribution in [2.45, 2.75) is 57.2 Å². The van der Waals surface area contributed by atoms with E-state index in [2.05, 4.69) is 11.8 Å². The van der Waals surface area contributed by atoms with Gasteiger partial charge in [0.15, 0.2) is 0 Å². The summed E-state index contributed by atoms with van der Waals surface area (Å²) < 4.78 is 27.7. The molecule has 2 aromatic carbocycles. The third kappa shape index (κ3) is 7.11. The van der Waals surface area contributed by atoms with Crippen LogP contribution in [0.15, 0.2) is 60.7 Å². The Bertz CT molecular complexity index is 817. The van der Waals surface area contributed by atoms with E-state index in [-0.39, 0.29) is 31.5 Å². The van der Waals surface area contributed by atoms with Crippen molar-refractivity contribution in [3.63, 3.8) is 0 Å². The van der Waals surface area contributed by atoms with Gasteiger partial charge in [-0.2, -0.15) is 0 Å². The molecule has 3 rings (SSSR count). The van der Waals surface area contributed by atoms with Gasteiger partial charge in [0, 0.05) is 25.0 Å². The van der Waals surface area contributed by atoms with Crippen molar-refractivity contribution in [3.05, 3.63) is 71.8 Å². The Balaban J connectivity index is 1.81. The summed E-state index contributed by atoms with van der Waals surface area (Å²) in [6.07, 6.45) is 0.929. The molecule has 0 bridgehead atoms. The van der Waals surface area contributed by atoms with Crippen LogP contribution in [0.2, 0.25) is 0 Å². The molecule has 4 nitrogen and oxygen atoms in total. The maximum Gasteiger partial charge on any atom is 0.304 e. The van der Waals surface area contributed by atoms with E-state index in [1.807, 2.05) is 60.7 Å². The molecule has 1 heterocycles. The fourth-order valence-corrected chi connectivity index (χ4v) is 4.46. The van der Waals surface area contributed by atoms with E-state index in [1.165, 1.54) is 0 Å². The summed E-state index contributed by atoms with van der Waals surface area (Å²) in [7, 11) is 0. The van der Waals surface area contributed by atoms with Crippen molar-refractivity contribution in [3.8, 4) is 0 Å². The first-order valence-electron chi connectivity index (χ1n) is 11.0. The summed E-state index contributed by atoms with van der Waals surface area (Å²) in [4.78, 5) is 15.7. The molecule has 1 aliphatic heterocycles. The first kappa shape index (κ1) is 23.4. The van der Waals surface area contributed by atoms with Crippen LogP contribution in [0.25, 0.3) is 0 Å². The maximum atomic E-state index is 13.8. The minimum Gasteiger partial charge on any atom is -0.481 e. The zero-order valence-corrected chi connectivity index (χ0v) is 18.1. The molecule has 0 amide bonds. The molecular weight excluding hydrogens is 398 g/mol. The molecule has 6 heteroatoms. The SMILES string of the molecule is C[C@@H](c1ccccc1)N(Cc1ccccc1)C(CCN1CCCC(F)(F)C1)CC(=O)O. The highest BCUT2D eigenvalue weighted by Crippen LogP contribution is 2.30. The highest BCUT2D eigenvalue weighted by Gasteiger charge is 2.35. The van der Waals surface area contributed by atoms with E-state index in [9.17, 15) is 18.7 Å². The maximum absolute atomic E-state index is 13.8. The Kier molecular flexibility index (Phi) is 8.15. The molecule has 1 aliphatic rings. The number of piperidine rings is 1. The molecule has 2 aromatic rings. The topological polar surface area (TPSA) is 43.8 Å². The van der Waals surface area contributed by atoms with E-state index >= 15 is 0 Å². The number of benzene rings is 2. The van der Waals surface area contributed by atoms with Gasteiger partial charge in [0.1, 0.15) is 0 Å². The smallest absolute Gasteiger partial charge is 0.304 e. The monoisotopic (exact) mass is 430 g/mol. The zero-order valence-electron chi connectivity index (χ0n) is 18.1. The fraction of sp³-hybridized carbons (Fsp3) is 0.480. The van der Waals surface area contributed by atoms with Crippen molar-refractivity contribution in [2.24, 2.45) is 0 Å². The van der Waals surface area contributed by atoms with Crippen LogP contribution in [0.4, 0.5) is 8.78 Å². The number of likely N-dealkylation sites (tertiary alicyclic amines) is 1. The van der Waals surface area contributed by atoms with Gasteiger partial charge >= 0.3 is 5.97 Å². The second-order valence-electron chi connectivity index (χ2n) is 8.52. The quantitative estimate of drug-likeness (QED) is 0.562. The summed E-state index contributed by atoms with van der Waals surface area (Å²) in [5, 5.41) is 9.61.